The molecule has 0 amide bonds. The van der Waals surface area contributed by atoms with E-state index in [-0.39, 0.29) is 5.41 Å². The number of benzene rings is 3. The first-order valence-electron chi connectivity index (χ1n) is 8.91. The molecule has 27 heavy (non-hydrogen) atoms. The van der Waals surface area contributed by atoms with Crippen molar-refractivity contribution in [2.75, 3.05) is 13.8 Å². The van der Waals surface area contributed by atoms with E-state index in [1.165, 1.54) is 5.56 Å². The molecule has 1 unspecified atom stereocenters. The minimum absolute atomic E-state index is 0.167. The number of hydrogen-bond acceptors (Lipinski definition) is 3. The molecule has 0 fully saturated rings. The van der Waals surface area contributed by atoms with Gasteiger partial charge in [-0.2, -0.15) is 0 Å². The second-order valence-electron chi connectivity index (χ2n) is 7.15. The Balaban J connectivity index is 1.81. The zero-order valence-electron chi connectivity index (χ0n) is 16.2. The molecule has 0 aliphatic carbocycles. The van der Waals surface area contributed by atoms with Gasteiger partial charge in [0.2, 0.25) is 0 Å². The molecule has 0 heterocycles. The fraction of sp³-hybridized carbons (Fsp3) is 0.217. The molecule has 0 radical (unpaired) electrons. The predicted molar refractivity (Wildman–Crippen MR) is 112 cm³/mol. The highest BCUT2D eigenvalue weighted by Gasteiger charge is 2.24. The molecule has 0 aliphatic heterocycles. The predicted octanol–water partition coefficient (Wildman–Crippen LogP) is 5.63. The summed E-state index contributed by atoms with van der Waals surface area (Å²) in [5, 5.41) is 0.715. The van der Waals surface area contributed by atoms with Gasteiger partial charge in [-0.15, -0.1) is 0 Å². The van der Waals surface area contributed by atoms with Gasteiger partial charge in [0.15, 0.2) is 0 Å². The van der Waals surface area contributed by atoms with Crippen molar-refractivity contribution < 1.29 is 13.8 Å². The quantitative estimate of drug-likeness (QED) is 0.520. The normalized spacial score (nSPS) is 13.6. The maximum atomic E-state index is 12.9. The van der Waals surface area contributed by atoms with Gasteiger partial charge >= 0.3 is 0 Å². The van der Waals surface area contributed by atoms with Crippen LogP contribution in [0.2, 0.25) is 0 Å². The van der Waals surface area contributed by atoms with Gasteiger partial charge in [0.05, 0.1) is 7.11 Å². The van der Waals surface area contributed by atoms with Crippen LogP contribution in [-0.2, 0) is 9.98 Å². The second kappa shape index (κ2) is 7.62. The van der Waals surface area contributed by atoms with Crippen molar-refractivity contribution in [2.45, 2.75) is 19.3 Å². The first-order valence-corrected chi connectivity index (χ1v) is 11.0. The molecule has 0 bridgehead atoms. The molecule has 0 saturated heterocycles. The van der Waals surface area contributed by atoms with Crippen molar-refractivity contribution in [1.82, 2.24) is 0 Å². The van der Waals surface area contributed by atoms with Crippen LogP contribution < -0.4 is 14.6 Å². The molecular formula is C23H25O3P. The number of methoxy groups -OCH3 is 1. The largest absolute Gasteiger partial charge is 0.497 e. The molecule has 0 saturated carbocycles. The van der Waals surface area contributed by atoms with E-state index in [4.69, 9.17) is 9.26 Å². The van der Waals surface area contributed by atoms with E-state index in [1.54, 1.807) is 13.8 Å². The SMILES string of the molecule is COc1ccc(C(C)(C)c2ccc(OP(C)(=O)c3ccccc3)cc2)cc1. The Hall–Kier alpha value is -2.51. The van der Waals surface area contributed by atoms with Gasteiger partial charge in [0.25, 0.3) is 7.37 Å². The fourth-order valence-corrected chi connectivity index (χ4v) is 4.40. The van der Waals surface area contributed by atoms with Crippen molar-refractivity contribution in [3.05, 3.63) is 90.0 Å². The standard InChI is InChI=1S/C23H25O3P/c1-23(2,18-10-14-20(25-3)15-11-18)19-12-16-21(17-13-19)26-27(4,24)22-8-6-5-7-9-22/h5-17H,1-4H3. The van der Waals surface area contributed by atoms with Crippen LogP contribution in [0.25, 0.3) is 0 Å². The molecule has 3 rings (SSSR count). The highest BCUT2D eigenvalue weighted by Crippen LogP contribution is 2.42. The van der Waals surface area contributed by atoms with Crippen LogP contribution in [0.1, 0.15) is 25.0 Å². The average Bonchev–Trinajstić information content (AvgIpc) is 2.69. The van der Waals surface area contributed by atoms with Crippen LogP contribution in [0.15, 0.2) is 78.9 Å². The third kappa shape index (κ3) is 4.26. The summed E-state index contributed by atoms with van der Waals surface area (Å²) >= 11 is 0. The molecule has 0 aliphatic rings. The van der Waals surface area contributed by atoms with E-state index in [0.717, 1.165) is 11.3 Å². The van der Waals surface area contributed by atoms with Gasteiger partial charge in [-0.25, -0.2) is 0 Å². The third-order valence-electron chi connectivity index (χ3n) is 4.89. The molecule has 4 heteroatoms. The van der Waals surface area contributed by atoms with E-state index in [0.29, 0.717) is 11.1 Å². The molecule has 3 aromatic rings. The van der Waals surface area contributed by atoms with E-state index in [2.05, 4.69) is 26.0 Å². The minimum Gasteiger partial charge on any atom is -0.497 e. The molecule has 140 valence electrons. The van der Waals surface area contributed by atoms with Crippen molar-refractivity contribution in [3.63, 3.8) is 0 Å². The van der Waals surface area contributed by atoms with Crippen molar-refractivity contribution in [2.24, 2.45) is 0 Å². The summed E-state index contributed by atoms with van der Waals surface area (Å²) in [6.45, 7) is 6.01. The summed E-state index contributed by atoms with van der Waals surface area (Å²) in [7, 11) is -1.24. The Labute approximate surface area is 161 Å². The number of rotatable bonds is 6. The van der Waals surface area contributed by atoms with E-state index >= 15 is 0 Å². The Kier molecular flexibility index (Phi) is 5.43. The monoisotopic (exact) mass is 380 g/mol. The van der Waals surface area contributed by atoms with Gasteiger partial charge < -0.3 is 9.26 Å². The highest BCUT2D eigenvalue weighted by molar-refractivity contribution is 7.66. The van der Waals surface area contributed by atoms with Crippen LogP contribution in [0.4, 0.5) is 0 Å². The third-order valence-corrected chi connectivity index (χ3v) is 6.69. The Bertz CT molecular complexity index is 930. The highest BCUT2D eigenvalue weighted by atomic mass is 31.2. The summed E-state index contributed by atoms with van der Waals surface area (Å²) in [6.07, 6.45) is 0. The van der Waals surface area contributed by atoms with Crippen LogP contribution in [0.3, 0.4) is 0 Å². The summed E-state index contributed by atoms with van der Waals surface area (Å²) in [4.78, 5) is 0. The van der Waals surface area contributed by atoms with Gasteiger partial charge in [-0.05, 0) is 47.5 Å². The Morgan fingerprint density at radius 3 is 1.70 bits per heavy atom. The topological polar surface area (TPSA) is 35.5 Å². The van der Waals surface area contributed by atoms with Crippen LogP contribution in [0, 0.1) is 0 Å². The van der Waals surface area contributed by atoms with Crippen molar-refractivity contribution in [3.8, 4) is 11.5 Å². The lowest BCUT2D eigenvalue weighted by Gasteiger charge is -2.26. The first kappa shape index (κ1) is 19.3. The molecule has 3 nitrogen and oxygen atoms in total. The van der Waals surface area contributed by atoms with E-state index < -0.39 is 7.37 Å². The average molecular weight is 380 g/mol. The molecule has 0 aromatic heterocycles. The lowest BCUT2D eigenvalue weighted by Crippen LogP contribution is -2.18. The van der Waals surface area contributed by atoms with Gasteiger partial charge in [0.1, 0.15) is 11.5 Å². The summed E-state index contributed by atoms with van der Waals surface area (Å²) in [6, 6.07) is 25.3. The van der Waals surface area contributed by atoms with E-state index in [1.807, 2.05) is 66.7 Å². The zero-order chi connectivity index (χ0) is 19.5. The maximum absolute atomic E-state index is 12.9. The molecule has 0 N–H and O–H groups in total. The van der Waals surface area contributed by atoms with Crippen LogP contribution >= 0.6 is 7.37 Å². The zero-order valence-corrected chi connectivity index (χ0v) is 17.1. The molecule has 1 atom stereocenters. The molecular weight excluding hydrogens is 355 g/mol. The number of hydrogen-bond donors (Lipinski definition) is 0. The Morgan fingerprint density at radius 2 is 1.22 bits per heavy atom. The smallest absolute Gasteiger partial charge is 0.274 e. The van der Waals surface area contributed by atoms with Gasteiger partial charge in [-0.3, -0.25) is 4.57 Å². The molecule has 0 spiro atoms. The summed E-state index contributed by atoms with van der Waals surface area (Å²) < 4.78 is 24.0. The first-order chi connectivity index (χ1) is 12.8. The fourth-order valence-electron chi connectivity index (χ4n) is 3.06. The minimum atomic E-state index is -2.90. The van der Waals surface area contributed by atoms with Crippen LogP contribution in [-0.4, -0.2) is 13.8 Å². The lowest BCUT2D eigenvalue weighted by molar-refractivity contribution is 0.414. The van der Waals surface area contributed by atoms with E-state index in [9.17, 15) is 4.57 Å². The second-order valence-corrected chi connectivity index (χ2v) is 9.54. The van der Waals surface area contributed by atoms with Gasteiger partial charge in [0, 0.05) is 17.4 Å². The maximum Gasteiger partial charge on any atom is 0.274 e. The molecule has 3 aromatic carbocycles. The lowest BCUT2D eigenvalue weighted by atomic mass is 9.78. The summed E-state index contributed by atoms with van der Waals surface area (Å²) in [5.41, 5.74) is 2.19. The van der Waals surface area contributed by atoms with Crippen molar-refractivity contribution in [1.29, 1.82) is 0 Å². The van der Waals surface area contributed by atoms with Crippen LogP contribution in [0.5, 0.6) is 11.5 Å². The van der Waals surface area contributed by atoms with Gasteiger partial charge in [-0.1, -0.05) is 56.3 Å². The number of ether oxygens (including phenoxy) is 1. The summed E-state index contributed by atoms with van der Waals surface area (Å²) in [5.74, 6) is 1.46. The Morgan fingerprint density at radius 1 is 0.741 bits per heavy atom. The van der Waals surface area contributed by atoms with Crippen molar-refractivity contribution >= 4 is 12.7 Å².